The van der Waals surface area contributed by atoms with Crippen LogP contribution in [-0.2, 0) is 0 Å². The van der Waals surface area contributed by atoms with E-state index >= 15 is 0 Å². The third-order valence-corrected chi connectivity index (χ3v) is 3.41. The zero-order chi connectivity index (χ0) is 13.1. The zero-order valence-corrected chi connectivity index (χ0v) is 10.2. The monoisotopic (exact) mass is 253 g/mol. The Balaban J connectivity index is 2.07. The van der Waals surface area contributed by atoms with E-state index in [4.69, 9.17) is 9.84 Å². The van der Waals surface area contributed by atoms with Crippen molar-refractivity contribution in [1.82, 2.24) is 4.90 Å². The van der Waals surface area contributed by atoms with Crippen molar-refractivity contribution in [1.29, 1.82) is 0 Å². The highest BCUT2D eigenvalue weighted by Gasteiger charge is 2.25. The third-order valence-electron chi connectivity index (χ3n) is 3.41. The van der Waals surface area contributed by atoms with E-state index in [-0.39, 0.29) is 11.7 Å². The summed E-state index contributed by atoms with van der Waals surface area (Å²) in [7, 11) is 1.50. The minimum absolute atomic E-state index is 0.0894. The van der Waals surface area contributed by atoms with Crippen LogP contribution in [0.25, 0.3) is 0 Å². The molecule has 0 saturated carbocycles. The molecule has 0 aliphatic carbocycles. The van der Waals surface area contributed by atoms with Crippen LogP contribution in [0.4, 0.5) is 9.18 Å². The number of amides is 1. The lowest BCUT2D eigenvalue weighted by Crippen LogP contribution is -2.36. The van der Waals surface area contributed by atoms with Crippen molar-refractivity contribution in [3.05, 3.63) is 29.6 Å². The van der Waals surface area contributed by atoms with Crippen molar-refractivity contribution in [3.8, 4) is 5.75 Å². The number of carbonyl (C=O) groups is 1. The highest BCUT2D eigenvalue weighted by molar-refractivity contribution is 5.65. The van der Waals surface area contributed by atoms with Crippen molar-refractivity contribution in [2.75, 3.05) is 20.2 Å². The summed E-state index contributed by atoms with van der Waals surface area (Å²) in [5, 5.41) is 8.85. The van der Waals surface area contributed by atoms with Gasteiger partial charge in [-0.3, -0.25) is 0 Å². The summed E-state index contributed by atoms with van der Waals surface area (Å²) in [6, 6.07) is 4.84. The number of hydrogen-bond acceptors (Lipinski definition) is 2. The van der Waals surface area contributed by atoms with Crippen LogP contribution in [0.1, 0.15) is 24.3 Å². The highest BCUT2D eigenvalue weighted by Crippen LogP contribution is 2.31. The maximum atomic E-state index is 13.9. The van der Waals surface area contributed by atoms with Gasteiger partial charge in [0.25, 0.3) is 0 Å². The van der Waals surface area contributed by atoms with Gasteiger partial charge >= 0.3 is 6.09 Å². The van der Waals surface area contributed by atoms with Crippen molar-refractivity contribution in [2.24, 2.45) is 0 Å². The van der Waals surface area contributed by atoms with Gasteiger partial charge in [-0.15, -0.1) is 0 Å². The number of methoxy groups -OCH3 is 1. The van der Waals surface area contributed by atoms with Crippen LogP contribution in [0.3, 0.4) is 0 Å². The highest BCUT2D eigenvalue weighted by atomic mass is 19.1. The molecule has 0 spiro atoms. The average Bonchev–Trinajstić information content (AvgIpc) is 2.38. The lowest BCUT2D eigenvalue weighted by molar-refractivity contribution is 0.132. The average molecular weight is 253 g/mol. The van der Waals surface area contributed by atoms with E-state index in [1.165, 1.54) is 18.1 Å². The van der Waals surface area contributed by atoms with Gasteiger partial charge in [-0.1, -0.05) is 6.07 Å². The van der Waals surface area contributed by atoms with Crippen molar-refractivity contribution >= 4 is 6.09 Å². The molecule has 1 aliphatic rings. The van der Waals surface area contributed by atoms with Crippen LogP contribution in [0, 0.1) is 5.82 Å². The second kappa shape index (κ2) is 5.25. The Kier molecular flexibility index (Phi) is 3.69. The molecule has 18 heavy (non-hydrogen) atoms. The predicted octanol–water partition coefficient (Wildman–Crippen LogP) is 2.69. The van der Waals surface area contributed by atoms with Crippen LogP contribution < -0.4 is 4.74 Å². The SMILES string of the molecule is COc1ccc(C2CCN(C(=O)O)CC2)c(F)c1. The van der Waals surface area contributed by atoms with Crippen LogP contribution >= 0.6 is 0 Å². The zero-order valence-electron chi connectivity index (χ0n) is 10.2. The molecule has 1 fully saturated rings. The first-order chi connectivity index (χ1) is 8.61. The molecule has 1 aromatic carbocycles. The van der Waals surface area contributed by atoms with Gasteiger partial charge in [0.05, 0.1) is 7.11 Å². The van der Waals surface area contributed by atoms with Crippen molar-refractivity contribution < 1.29 is 19.0 Å². The lowest BCUT2D eigenvalue weighted by atomic mass is 9.89. The number of benzene rings is 1. The smallest absolute Gasteiger partial charge is 0.407 e. The van der Waals surface area contributed by atoms with E-state index in [1.54, 1.807) is 12.1 Å². The molecule has 1 saturated heterocycles. The topological polar surface area (TPSA) is 49.8 Å². The Labute approximate surface area is 105 Å². The molecule has 1 heterocycles. The number of carboxylic acid groups (broad SMARTS) is 1. The molecule has 0 radical (unpaired) electrons. The summed E-state index contributed by atoms with van der Waals surface area (Å²) in [4.78, 5) is 12.2. The molecule has 1 N–H and O–H groups in total. The van der Waals surface area contributed by atoms with Gasteiger partial charge in [-0.25, -0.2) is 9.18 Å². The molecule has 0 atom stereocenters. The van der Waals surface area contributed by atoms with Gasteiger partial charge in [0, 0.05) is 19.2 Å². The summed E-state index contributed by atoms with van der Waals surface area (Å²) >= 11 is 0. The fourth-order valence-corrected chi connectivity index (χ4v) is 2.35. The molecule has 2 rings (SSSR count). The van der Waals surface area contributed by atoms with Gasteiger partial charge < -0.3 is 14.7 Å². The number of piperidine rings is 1. The second-order valence-electron chi connectivity index (χ2n) is 4.43. The minimum atomic E-state index is -0.899. The van der Waals surface area contributed by atoms with Crippen LogP contribution in [0.15, 0.2) is 18.2 Å². The number of ether oxygens (including phenoxy) is 1. The second-order valence-corrected chi connectivity index (χ2v) is 4.43. The first-order valence-electron chi connectivity index (χ1n) is 5.93. The molecule has 0 aromatic heterocycles. The van der Waals surface area contributed by atoms with E-state index in [2.05, 4.69) is 0 Å². The Hall–Kier alpha value is -1.78. The first-order valence-corrected chi connectivity index (χ1v) is 5.93. The molecule has 4 nitrogen and oxygen atoms in total. The van der Waals surface area contributed by atoms with E-state index in [0.717, 1.165) is 0 Å². The molecule has 1 aliphatic heterocycles. The molecule has 1 amide bonds. The fourth-order valence-electron chi connectivity index (χ4n) is 2.35. The Morgan fingerprint density at radius 1 is 1.44 bits per heavy atom. The normalized spacial score (nSPS) is 16.7. The van der Waals surface area contributed by atoms with Gasteiger partial charge in [0.1, 0.15) is 11.6 Å². The fraction of sp³-hybridized carbons (Fsp3) is 0.462. The van der Waals surface area contributed by atoms with Gasteiger partial charge in [0.2, 0.25) is 0 Å². The number of hydrogen-bond donors (Lipinski definition) is 1. The first kappa shape index (κ1) is 12.7. The maximum Gasteiger partial charge on any atom is 0.407 e. The summed E-state index contributed by atoms with van der Waals surface area (Å²) in [6.07, 6.45) is 0.425. The van der Waals surface area contributed by atoms with Crippen LogP contribution in [-0.4, -0.2) is 36.3 Å². The molecule has 98 valence electrons. The molecular formula is C13H16FNO3. The molecule has 0 unspecified atom stereocenters. The van der Waals surface area contributed by atoms with Crippen LogP contribution in [0.2, 0.25) is 0 Å². The van der Waals surface area contributed by atoms with Gasteiger partial charge in [-0.05, 0) is 30.4 Å². The minimum Gasteiger partial charge on any atom is -0.497 e. The Morgan fingerprint density at radius 3 is 2.61 bits per heavy atom. The number of likely N-dealkylation sites (tertiary alicyclic amines) is 1. The van der Waals surface area contributed by atoms with E-state index < -0.39 is 6.09 Å². The van der Waals surface area contributed by atoms with Crippen molar-refractivity contribution in [2.45, 2.75) is 18.8 Å². The summed E-state index contributed by atoms with van der Waals surface area (Å²) in [6.45, 7) is 0.928. The molecule has 1 aromatic rings. The third kappa shape index (κ3) is 2.55. The van der Waals surface area contributed by atoms with E-state index in [0.29, 0.717) is 37.2 Å². The number of halogens is 1. The Morgan fingerprint density at radius 2 is 2.11 bits per heavy atom. The molecule has 5 heteroatoms. The molecule has 0 bridgehead atoms. The summed E-state index contributed by atoms with van der Waals surface area (Å²) in [5.74, 6) is 0.314. The number of rotatable bonds is 2. The van der Waals surface area contributed by atoms with Crippen molar-refractivity contribution in [3.63, 3.8) is 0 Å². The van der Waals surface area contributed by atoms with E-state index in [9.17, 15) is 9.18 Å². The summed E-state index contributed by atoms with van der Waals surface area (Å²) in [5.41, 5.74) is 0.654. The lowest BCUT2D eigenvalue weighted by Gasteiger charge is -2.30. The quantitative estimate of drug-likeness (QED) is 0.881. The van der Waals surface area contributed by atoms with Gasteiger partial charge in [-0.2, -0.15) is 0 Å². The largest absolute Gasteiger partial charge is 0.497 e. The Bertz CT molecular complexity index is 442. The van der Waals surface area contributed by atoms with Crippen LogP contribution in [0.5, 0.6) is 5.75 Å². The standard InChI is InChI=1S/C13H16FNO3/c1-18-10-2-3-11(12(14)8-10)9-4-6-15(7-5-9)13(16)17/h2-3,8-9H,4-7H2,1H3,(H,16,17). The number of nitrogens with zero attached hydrogens (tertiary/aromatic N) is 1. The van der Waals surface area contributed by atoms with Gasteiger partial charge in [0.15, 0.2) is 0 Å². The van der Waals surface area contributed by atoms with E-state index in [1.807, 2.05) is 0 Å². The predicted molar refractivity (Wildman–Crippen MR) is 64.5 cm³/mol. The molecular weight excluding hydrogens is 237 g/mol. The summed E-state index contributed by atoms with van der Waals surface area (Å²) < 4.78 is 18.8. The maximum absolute atomic E-state index is 13.9.